The lowest BCUT2D eigenvalue weighted by Crippen LogP contribution is -2.15. The summed E-state index contributed by atoms with van der Waals surface area (Å²) in [4.78, 5) is 23.5. The average Bonchev–Trinajstić information content (AvgIpc) is 2.85. The first kappa shape index (κ1) is 13.6. The highest BCUT2D eigenvalue weighted by Gasteiger charge is 2.04. The van der Waals surface area contributed by atoms with Gasteiger partial charge >= 0.3 is 0 Å². The standard InChI is InChI=1S/C14H15N5OS/c1-8-7-21-12(17-8)4-5-16-14-18-11-3-2-9(15)6-10(11)13(20)19-14/h2-3,6-7H,4-5,15H2,1H3,(H2,16,18,19,20). The van der Waals surface area contributed by atoms with Crippen molar-refractivity contribution in [3.8, 4) is 0 Å². The summed E-state index contributed by atoms with van der Waals surface area (Å²) in [5.41, 5.74) is 7.69. The first-order chi connectivity index (χ1) is 10.1. The van der Waals surface area contributed by atoms with Crippen molar-refractivity contribution in [3.63, 3.8) is 0 Å². The van der Waals surface area contributed by atoms with Gasteiger partial charge in [0.25, 0.3) is 5.56 Å². The van der Waals surface area contributed by atoms with Crippen LogP contribution in [0.5, 0.6) is 0 Å². The first-order valence-electron chi connectivity index (χ1n) is 6.56. The predicted molar refractivity (Wildman–Crippen MR) is 85.8 cm³/mol. The highest BCUT2D eigenvalue weighted by molar-refractivity contribution is 7.09. The number of aromatic nitrogens is 3. The summed E-state index contributed by atoms with van der Waals surface area (Å²) in [6, 6.07) is 5.11. The normalized spacial score (nSPS) is 10.9. The molecule has 6 nitrogen and oxygen atoms in total. The monoisotopic (exact) mass is 301 g/mol. The van der Waals surface area contributed by atoms with E-state index in [1.54, 1.807) is 29.5 Å². The second-order valence-electron chi connectivity index (χ2n) is 4.75. The minimum absolute atomic E-state index is 0.195. The molecule has 0 aliphatic carbocycles. The molecule has 0 amide bonds. The number of nitrogen functional groups attached to an aromatic ring is 1. The second kappa shape index (κ2) is 5.53. The zero-order valence-corrected chi connectivity index (χ0v) is 12.3. The van der Waals surface area contributed by atoms with Gasteiger partial charge in [-0.15, -0.1) is 11.3 Å². The number of fused-ring (bicyclic) bond motifs is 1. The van der Waals surface area contributed by atoms with Gasteiger partial charge in [-0.25, -0.2) is 9.97 Å². The number of aryl methyl sites for hydroxylation is 1. The lowest BCUT2D eigenvalue weighted by Gasteiger charge is -2.05. The van der Waals surface area contributed by atoms with Crippen LogP contribution in [0.3, 0.4) is 0 Å². The number of nitrogens with zero attached hydrogens (tertiary/aromatic N) is 2. The van der Waals surface area contributed by atoms with E-state index in [9.17, 15) is 4.79 Å². The Hall–Kier alpha value is -2.41. The Bertz CT molecular complexity index is 839. The molecule has 21 heavy (non-hydrogen) atoms. The number of rotatable bonds is 4. The minimum atomic E-state index is -0.195. The number of H-pyrrole nitrogens is 1. The van der Waals surface area contributed by atoms with Gasteiger partial charge in [-0.2, -0.15) is 0 Å². The summed E-state index contributed by atoms with van der Waals surface area (Å²) in [7, 11) is 0. The molecule has 2 heterocycles. The van der Waals surface area contributed by atoms with E-state index in [0.717, 1.165) is 17.1 Å². The summed E-state index contributed by atoms with van der Waals surface area (Å²) in [6.45, 7) is 2.64. The van der Waals surface area contributed by atoms with Crippen molar-refractivity contribution in [2.24, 2.45) is 0 Å². The van der Waals surface area contributed by atoms with Crippen LogP contribution in [0.2, 0.25) is 0 Å². The van der Waals surface area contributed by atoms with E-state index < -0.39 is 0 Å². The number of aromatic amines is 1. The fourth-order valence-electron chi connectivity index (χ4n) is 2.05. The molecule has 0 unspecified atom stereocenters. The van der Waals surface area contributed by atoms with Crippen LogP contribution in [0.25, 0.3) is 10.9 Å². The Labute approximate surface area is 125 Å². The molecule has 3 aromatic rings. The molecule has 0 bridgehead atoms. The van der Waals surface area contributed by atoms with Crippen LogP contribution >= 0.6 is 11.3 Å². The van der Waals surface area contributed by atoms with Crippen molar-refractivity contribution in [2.75, 3.05) is 17.6 Å². The highest BCUT2D eigenvalue weighted by Crippen LogP contribution is 2.13. The van der Waals surface area contributed by atoms with Gasteiger partial charge in [0.1, 0.15) is 0 Å². The molecule has 4 N–H and O–H groups in total. The van der Waals surface area contributed by atoms with Crippen LogP contribution in [-0.2, 0) is 6.42 Å². The van der Waals surface area contributed by atoms with Crippen molar-refractivity contribution in [2.45, 2.75) is 13.3 Å². The van der Waals surface area contributed by atoms with Gasteiger partial charge < -0.3 is 11.1 Å². The Kier molecular flexibility index (Phi) is 3.57. The summed E-state index contributed by atoms with van der Waals surface area (Å²) in [5, 5.41) is 6.70. The lowest BCUT2D eigenvalue weighted by atomic mass is 10.2. The predicted octanol–water partition coefficient (Wildman–Crippen LogP) is 1.92. The van der Waals surface area contributed by atoms with Crippen molar-refractivity contribution >= 4 is 33.9 Å². The van der Waals surface area contributed by atoms with Gasteiger partial charge in [-0.1, -0.05) is 0 Å². The van der Waals surface area contributed by atoms with Gasteiger partial charge in [0.05, 0.1) is 15.9 Å². The van der Waals surface area contributed by atoms with E-state index in [2.05, 4.69) is 20.3 Å². The molecular weight excluding hydrogens is 286 g/mol. The number of nitrogens with two attached hydrogens (primary N) is 1. The van der Waals surface area contributed by atoms with Crippen molar-refractivity contribution < 1.29 is 0 Å². The third-order valence-corrected chi connectivity index (χ3v) is 4.05. The SMILES string of the molecule is Cc1csc(CCNc2nc3ccc(N)cc3c(=O)[nH]2)n1. The quantitative estimate of drug-likeness (QED) is 0.640. The zero-order valence-electron chi connectivity index (χ0n) is 11.5. The number of thiazole rings is 1. The van der Waals surface area contributed by atoms with Gasteiger partial charge in [0, 0.05) is 29.7 Å². The fraction of sp³-hybridized carbons (Fsp3) is 0.214. The Morgan fingerprint density at radius 1 is 1.38 bits per heavy atom. The van der Waals surface area contributed by atoms with E-state index in [4.69, 9.17) is 5.73 Å². The van der Waals surface area contributed by atoms with Crippen molar-refractivity contribution in [1.29, 1.82) is 0 Å². The van der Waals surface area contributed by atoms with Crippen LogP contribution < -0.4 is 16.6 Å². The van der Waals surface area contributed by atoms with Crippen LogP contribution in [0, 0.1) is 6.92 Å². The Morgan fingerprint density at radius 3 is 3.00 bits per heavy atom. The van der Waals surface area contributed by atoms with E-state index >= 15 is 0 Å². The molecule has 0 saturated carbocycles. The fourth-order valence-corrected chi connectivity index (χ4v) is 2.82. The van der Waals surface area contributed by atoms with Gasteiger partial charge in [-0.3, -0.25) is 9.78 Å². The molecule has 7 heteroatoms. The van der Waals surface area contributed by atoms with E-state index in [1.807, 2.05) is 12.3 Å². The van der Waals surface area contributed by atoms with Gasteiger partial charge in [-0.05, 0) is 25.1 Å². The topological polar surface area (TPSA) is 96.7 Å². The molecule has 3 rings (SSSR count). The lowest BCUT2D eigenvalue weighted by molar-refractivity contribution is 0.963. The van der Waals surface area contributed by atoms with Gasteiger partial charge in [0.2, 0.25) is 5.95 Å². The molecule has 0 spiro atoms. The van der Waals surface area contributed by atoms with Crippen LogP contribution in [0.15, 0.2) is 28.4 Å². The Morgan fingerprint density at radius 2 is 2.24 bits per heavy atom. The van der Waals surface area contributed by atoms with Crippen molar-refractivity contribution in [1.82, 2.24) is 15.0 Å². The Balaban J connectivity index is 1.75. The summed E-state index contributed by atoms with van der Waals surface area (Å²) < 4.78 is 0. The molecular formula is C14H15N5OS. The molecule has 0 aliphatic heterocycles. The molecule has 0 radical (unpaired) electrons. The molecule has 0 fully saturated rings. The maximum Gasteiger partial charge on any atom is 0.260 e. The molecule has 2 aromatic heterocycles. The summed E-state index contributed by atoms with van der Waals surface area (Å²) in [6.07, 6.45) is 0.794. The maximum atomic E-state index is 12.0. The van der Waals surface area contributed by atoms with E-state index in [0.29, 0.717) is 29.1 Å². The molecule has 0 aliphatic rings. The van der Waals surface area contributed by atoms with Crippen LogP contribution in [0.1, 0.15) is 10.7 Å². The maximum absolute atomic E-state index is 12.0. The third kappa shape index (κ3) is 3.03. The number of anilines is 2. The number of hydrogen-bond donors (Lipinski definition) is 3. The largest absolute Gasteiger partial charge is 0.399 e. The summed E-state index contributed by atoms with van der Waals surface area (Å²) >= 11 is 1.63. The minimum Gasteiger partial charge on any atom is -0.399 e. The third-order valence-electron chi connectivity index (χ3n) is 3.03. The molecule has 0 atom stereocenters. The second-order valence-corrected chi connectivity index (χ2v) is 5.69. The average molecular weight is 301 g/mol. The highest BCUT2D eigenvalue weighted by atomic mass is 32.1. The van der Waals surface area contributed by atoms with Crippen LogP contribution in [0.4, 0.5) is 11.6 Å². The smallest absolute Gasteiger partial charge is 0.260 e. The summed E-state index contributed by atoms with van der Waals surface area (Å²) in [5.74, 6) is 0.463. The molecule has 0 saturated heterocycles. The molecule has 1 aromatic carbocycles. The number of nitrogens with one attached hydrogen (secondary N) is 2. The van der Waals surface area contributed by atoms with E-state index in [-0.39, 0.29) is 5.56 Å². The van der Waals surface area contributed by atoms with Crippen molar-refractivity contribution in [3.05, 3.63) is 44.6 Å². The zero-order chi connectivity index (χ0) is 14.8. The van der Waals surface area contributed by atoms with Gasteiger partial charge in [0.15, 0.2) is 0 Å². The number of hydrogen-bond acceptors (Lipinski definition) is 6. The number of benzene rings is 1. The van der Waals surface area contributed by atoms with Crippen LogP contribution in [-0.4, -0.2) is 21.5 Å². The first-order valence-corrected chi connectivity index (χ1v) is 7.44. The molecule has 108 valence electrons. The van der Waals surface area contributed by atoms with E-state index in [1.165, 1.54) is 0 Å².